The maximum Gasteiger partial charge on any atom is 0.298 e. The molecule has 0 aromatic carbocycles. The Labute approximate surface area is 78.9 Å². The molecule has 0 radical (unpaired) electrons. The van der Waals surface area contributed by atoms with Crippen LogP contribution in [0.5, 0.6) is 0 Å². The molecule has 0 atom stereocenters. The molecule has 0 fully saturated rings. The zero-order valence-corrected chi connectivity index (χ0v) is 8.96. The summed E-state index contributed by atoms with van der Waals surface area (Å²) >= 11 is 0. The van der Waals surface area contributed by atoms with E-state index in [9.17, 15) is 0 Å². The highest BCUT2D eigenvalue weighted by Crippen LogP contribution is 2.11. The highest BCUT2D eigenvalue weighted by Gasteiger charge is 2.22. The number of rotatable bonds is 3. The molecule has 1 aromatic rings. The molecule has 74 valence electrons. The first-order valence-corrected chi connectivity index (χ1v) is 4.67. The molecule has 0 bridgehead atoms. The zero-order valence-electron chi connectivity index (χ0n) is 8.96. The summed E-state index contributed by atoms with van der Waals surface area (Å²) in [7, 11) is 0. The molecule has 0 aliphatic heterocycles. The van der Waals surface area contributed by atoms with Gasteiger partial charge < -0.3 is 5.32 Å². The summed E-state index contributed by atoms with van der Waals surface area (Å²) in [4.78, 5) is 0. The molecule has 1 aromatic heterocycles. The Morgan fingerprint density at radius 1 is 1.31 bits per heavy atom. The summed E-state index contributed by atoms with van der Waals surface area (Å²) in [5, 5.41) is 7.15. The van der Waals surface area contributed by atoms with Crippen LogP contribution in [0.25, 0.3) is 0 Å². The van der Waals surface area contributed by atoms with Gasteiger partial charge in [0, 0.05) is 26.8 Å². The first-order chi connectivity index (χ1) is 6.02. The molecule has 1 heterocycles. The lowest BCUT2D eigenvalue weighted by Crippen LogP contribution is -2.40. The van der Waals surface area contributed by atoms with Crippen LogP contribution in [0.2, 0.25) is 0 Å². The minimum Gasteiger partial charge on any atom is -0.346 e. The Morgan fingerprint density at radius 3 is 2.31 bits per heavy atom. The van der Waals surface area contributed by atoms with Gasteiger partial charge in [0.15, 0.2) is 6.04 Å². The summed E-state index contributed by atoms with van der Waals surface area (Å²) < 4.78 is 7.04. The third-order valence-corrected chi connectivity index (χ3v) is 1.80. The third kappa shape index (κ3) is 2.20. The van der Waals surface area contributed by atoms with Gasteiger partial charge >= 0.3 is 0 Å². The Balaban J connectivity index is 2.86. The Morgan fingerprint density at radius 2 is 1.92 bits per heavy atom. The van der Waals surface area contributed by atoms with Gasteiger partial charge in [-0.1, -0.05) is 0 Å². The highest BCUT2D eigenvalue weighted by atomic mass is 16.5. The number of anilines is 1. The predicted molar refractivity (Wildman–Crippen MR) is 50.6 cm³/mol. The minimum absolute atomic E-state index is 0.339. The van der Waals surface area contributed by atoms with Crippen molar-refractivity contribution in [2.75, 3.05) is 5.32 Å². The molecule has 13 heavy (non-hydrogen) atoms. The van der Waals surface area contributed by atoms with E-state index in [-0.39, 0.29) is 0 Å². The van der Waals surface area contributed by atoms with Crippen molar-refractivity contribution >= 4 is 5.88 Å². The lowest BCUT2D eigenvalue weighted by atomic mass is 10.3. The fraction of sp³-hybridized carbons (Fsp3) is 0.778. The Hall–Kier alpha value is -1.06. The second-order valence-electron chi connectivity index (χ2n) is 3.82. The quantitative estimate of drug-likeness (QED) is 0.726. The van der Waals surface area contributed by atoms with Crippen LogP contribution in [0.3, 0.4) is 0 Å². The lowest BCUT2D eigenvalue weighted by molar-refractivity contribution is -0.784. The van der Waals surface area contributed by atoms with Crippen LogP contribution in [-0.4, -0.2) is 11.3 Å². The van der Waals surface area contributed by atoms with Crippen molar-refractivity contribution in [3.63, 3.8) is 0 Å². The minimum atomic E-state index is 0.339. The van der Waals surface area contributed by atoms with Gasteiger partial charge in [-0.2, -0.15) is 0 Å². The van der Waals surface area contributed by atoms with E-state index in [1.165, 1.54) is 0 Å². The molecule has 0 saturated heterocycles. The summed E-state index contributed by atoms with van der Waals surface area (Å²) in [5.41, 5.74) is 1.05. The van der Waals surface area contributed by atoms with Crippen LogP contribution in [0.15, 0.2) is 4.52 Å². The van der Waals surface area contributed by atoms with E-state index in [4.69, 9.17) is 4.52 Å². The van der Waals surface area contributed by atoms with Crippen molar-refractivity contribution in [2.24, 2.45) is 0 Å². The Bertz CT molecular complexity index is 278. The SMILES string of the molecule is Cc1c(NC(C)C)on[n+]1C(C)C. The van der Waals surface area contributed by atoms with Crippen molar-refractivity contribution < 1.29 is 9.20 Å². The highest BCUT2D eigenvalue weighted by molar-refractivity contribution is 5.32. The summed E-state index contributed by atoms with van der Waals surface area (Å²) in [6.45, 7) is 10.3. The van der Waals surface area contributed by atoms with Gasteiger partial charge in [0.25, 0.3) is 11.6 Å². The molecule has 0 aliphatic carbocycles. The van der Waals surface area contributed by atoms with E-state index < -0.39 is 0 Å². The summed E-state index contributed by atoms with van der Waals surface area (Å²) in [6.07, 6.45) is 0. The smallest absolute Gasteiger partial charge is 0.298 e. The first kappa shape index (κ1) is 10.0. The van der Waals surface area contributed by atoms with Crippen molar-refractivity contribution in [1.82, 2.24) is 5.27 Å². The average molecular weight is 184 g/mol. The fourth-order valence-corrected chi connectivity index (χ4v) is 1.19. The predicted octanol–water partition coefficient (Wildman–Crippen LogP) is 1.67. The number of aromatic nitrogens is 2. The standard InChI is InChI=1S/C9H18N3O/c1-6(2)10-9-8(5)12(7(3)4)11-13-9/h6-7,10H,1-5H3/q+1. The van der Waals surface area contributed by atoms with Crippen LogP contribution in [0.1, 0.15) is 39.4 Å². The number of hydrogen-bond acceptors (Lipinski definition) is 3. The van der Waals surface area contributed by atoms with Crippen molar-refractivity contribution in [2.45, 2.75) is 46.7 Å². The molecule has 0 amide bonds. The van der Waals surface area contributed by atoms with Crippen molar-refractivity contribution in [3.8, 4) is 0 Å². The van der Waals surface area contributed by atoms with Crippen LogP contribution in [-0.2, 0) is 0 Å². The van der Waals surface area contributed by atoms with E-state index in [1.54, 1.807) is 0 Å². The van der Waals surface area contributed by atoms with E-state index in [0.29, 0.717) is 12.1 Å². The zero-order chi connectivity index (χ0) is 10.0. The van der Waals surface area contributed by atoms with Gasteiger partial charge in [0.2, 0.25) is 5.27 Å². The third-order valence-electron chi connectivity index (χ3n) is 1.80. The number of nitrogens with zero attached hydrogens (tertiary/aromatic N) is 2. The molecule has 1 N–H and O–H groups in total. The van der Waals surface area contributed by atoms with Gasteiger partial charge in [0.1, 0.15) is 0 Å². The van der Waals surface area contributed by atoms with Crippen LogP contribution < -0.4 is 10.00 Å². The van der Waals surface area contributed by atoms with Gasteiger partial charge in [-0.05, 0) is 18.5 Å². The molecular weight excluding hydrogens is 166 g/mol. The normalized spacial score (nSPS) is 11.3. The number of nitrogens with one attached hydrogen (secondary N) is 1. The van der Waals surface area contributed by atoms with Crippen molar-refractivity contribution in [1.29, 1.82) is 0 Å². The molecule has 0 spiro atoms. The van der Waals surface area contributed by atoms with Gasteiger partial charge in [-0.15, -0.1) is 0 Å². The monoisotopic (exact) mass is 184 g/mol. The molecule has 4 nitrogen and oxygen atoms in total. The maximum atomic E-state index is 5.17. The fourth-order valence-electron chi connectivity index (χ4n) is 1.19. The van der Waals surface area contributed by atoms with Gasteiger partial charge in [-0.3, -0.25) is 4.52 Å². The molecule has 1 rings (SSSR count). The van der Waals surface area contributed by atoms with E-state index in [2.05, 4.69) is 38.3 Å². The van der Waals surface area contributed by atoms with Crippen LogP contribution in [0.4, 0.5) is 5.88 Å². The van der Waals surface area contributed by atoms with Gasteiger partial charge in [-0.25, -0.2) is 0 Å². The topological polar surface area (TPSA) is 41.9 Å². The average Bonchev–Trinajstić information content (AvgIpc) is 2.32. The number of hydrogen-bond donors (Lipinski definition) is 1. The Kier molecular flexibility index (Phi) is 2.90. The molecule has 4 heteroatoms. The maximum absolute atomic E-state index is 5.17. The second kappa shape index (κ2) is 3.77. The van der Waals surface area contributed by atoms with Crippen LogP contribution >= 0.6 is 0 Å². The molecular formula is C9H18N3O+. The largest absolute Gasteiger partial charge is 0.346 e. The van der Waals surface area contributed by atoms with Crippen LogP contribution in [0, 0.1) is 6.92 Å². The first-order valence-electron chi connectivity index (χ1n) is 4.67. The van der Waals surface area contributed by atoms with E-state index in [0.717, 1.165) is 11.6 Å². The second-order valence-corrected chi connectivity index (χ2v) is 3.82. The van der Waals surface area contributed by atoms with Gasteiger partial charge in [0.05, 0.1) is 0 Å². The van der Waals surface area contributed by atoms with Crippen molar-refractivity contribution in [3.05, 3.63) is 5.69 Å². The summed E-state index contributed by atoms with van der Waals surface area (Å²) in [6, 6.07) is 0.707. The lowest BCUT2D eigenvalue weighted by Gasteiger charge is -2.02. The van der Waals surface area contributed by atoms with E-state index in [1.807, 2.05) is 11.6 Å². The molecule has 0 saturated carbocycles. The molecule has 0 aliphatic rings. The van der Waals surface area contributed by atoms with E-state index >= 15 is 0 Å². The molecule has 0 unspecified atom stereocenters. The summed E-state index contributed by atoms with van der Waals surface area (Å²) in [5.74, 6) is 0.767.